The second-order valence-corrected chi connectivity index (χ2v) is 8.31. The summed E-state index contributed by atoms with van der Waals surface area (Å²) in [5.74, 6) is -0.330. The number of anilines is 1. The van der Waals surface area contributed by atoms with Crippen LogP contribution < -0.4 is 9.62 Å². The average molecular weight is 356 g/mol. The molecule has 0 saturated heterocycles. The second-order valence-electron chi connectivity index (χ2n) is 6.24. The summed E-state index contributed by atoms with van der Waals surface area (Å²) < 4.78 is 27.6. The minimum Gasteiger partial charge on any atom is -0.353 e. The minimum absolute atomic E-state index is 0.252. The monoisotopic (exact) mass is 356 g/mol. The molecular formula is C16H28N4O3S. The lowest BCUT2D eigenvalue weighted by molar-refractivity contribution is -0.119. The summed E-state index contributed by atoms with van der Waals surface area (Å²) in [7, 11) is 2.95. The topological polar surface area (TPSA) is 73.0 Å². The number of benzene rings is 1. The van der Waals surface area contributed by atoms with Crippen LogP contribution in [0.2, 0.25) is 0 Å². The predicted molar refractivity (Wildman–Crippen MR) is 97.4 cm³/mol. The summed E-state index contributed by atoms with van der Waals surface area (Å²) >= 11 is 0. The van der Waals surface area contributed by atoms with Crippen molar-refractivity contribution in [1.82, 2.24) is 14.5 Å². The molecule has 0 bridgehead atoms. The summed E-state index contributed by atoms with van der Waals surface area (Å²) in [6, 6.07) is 5.55. The van der Waals surface area contributed by atoms with Crippen molar-refractivity contribution in [1.29, 1.82) is 0 Å². The van der Waals surface area contributed by atoms with Gasteiger partial charge in [-0.3, -0.25) is 4.79 Å². The van der Waals surface area contributed by atoms with Crippen LogP contribution in [0, 0.1) is 13.8 Å². The fraction of sp³-hybridized carbons (Fsp3) is 0.562. The molecule has 0 unspecified atom stereocenters. The Kier molecular flexibility index (Phi) is 7.19. The first-order valence-corrected chi connectivity index (χ1v) is 9.14. The number of nitrogens with one attached hydrogen (secondary N) is 1. The highest BCUT2D eigenvalue weighted by Gasteiger charge is 2.28. The van der Waals surface area contributed by atoms with Crippen molar-refractivity contribution in [2.45, 2.75) is 13.8 Å². The fourth-order valence-electron chi connectivity index (χ4n) is 2.08. The number of carbonyl (C=O) groups is 1. The van der Waals surface area contributed by atoms with E-state index in [0.717, 1.165) is 19.7 Å². The Hall–Kier alpha value is -1.64. The van der Waals surface area contributed by atoms with Crippen LogP contribution in [0.5, 0.6) is 0 Å². The number of nitrogens with zero attached hydrogens (tertiary/aromatic N) is 3. The molecule has 0 spiro atoms. The maximum Gasteiger partial charge on any atom is 0.304 e. The van der Waals surface area contributed by atoms with Gasteiger partial charge in [-0.25, -0.2) is 4.31 Å². The van der Waals surface area contributed by atoms with E-state index in [1.54, 1.807) is 6.07 Å². The first-order valence-electron chi connectivity index (χ1n) is 7.74. The summed E-state index contributed by atoms with van der Waals surface area (Å²) in [6.07, 6.45) is 0. The van der Waals surface area contributed by atoms with E-state index in [0.29, 0.717) is 18.8 Å². The molecule has 1 aromatic rings. The number of hydrogen-bond acceptors (Lipinski definition) is 4. The molecule has 1 aromatic carbocycles. The van der Waals surface area contributed by atoms with Gasteiger partial charge in [-0.15, -0.1) is 0 Å². The van der Waals surface area contributed by atoms with E-state index in [1.807, 2.05) is 45.0 Å². The zero-order valence-corrected chi connectivity index (χ0v) is 16.1. The first-order chi connectivity index (χ1) is 11.1. The summed E-state index contributed by atoms with van der Waals surface area (Å²) in [5, 5.41) is 2.75. The molecule has 7 nitrogen and oxygen atoms in total. The van der Waals surface area contributed by atoms with Crippen LogP contribution in [0.25, 0.3) is 0 Å². The molecule has 0 radical (unpaired) electrons. The first kappa shape index (κ1) is 20.4. The van der Waals surface area contributed by atoms with Gasteiger partial charge in [-0.2, -0.15) is 12.7 Å². The zero-order chi connectivity index (χ0) is 18.5. The van der Waals surface area contributed by atoms with E-state index < -0.39 is 10.2 Å². The van der Waals surface area contributed by atoms with E-state index >= 15 is 0 Å². The minimum atomic E-state index is -3.77. The lowest BCUT2D eigenvalue weighted by Crippen LogP contribution is -2.46. The van der Waals surface area contributed by atoms with Crippen molar-refractivity contribution in [3.63, 3.8) is 0 Å². The van der Waals surface area contributed by atoms with Crippen molar-refractivity contribution in [2.75, 3.05) is 52.1 Å². The molecule has 0 aliphatic heterocycles. The highest BCUT2D eigenvalue weighted by atomic mass is 32.2. The molecule has 0 heterocycles. The standard InChI is InChI=1S/C16H28N4O3S/c1-13-7-8-14(2)15(11-13)20(24(22,23)19(5)6)12-16(21)17-9-10-18(3)4/h7-8,11H,9-10,12H2,1-6H3,(H,17,21). The quantitative estimate of drug-likeness (QED) is 0.740. The van der Waals surface area contributed by atoms with Gasteiger partial charge in [-0.1, -0.05) is 12.1 Å². The van der Waals surface area contributed by atoms with Gasteiger partial charge in [0.25, 0.3) is 0 Å². The summed E-state index contributed by atoms with van der Waals surface area (Å²) in [5.41, 5.74) is 2.25. The third-order valence-electron chi connectivity index (χ3n) is 3.54. The van der Waals surface area contributed by atoms with E-state index in [1.165, 1.54) is 14.1 Å². The second kappa shape index (κ2) is 8.46. The van der Waals surface area contributed by atoms with Crippen LogP contribution in [0.3, 0.4) is 0 Å². The van der Waals surface area contributed by atoms with E-state index in [4.69, 9.17) is 0 Å². The normalized spacial score (nSPS) is 11.8. The number of amides is 1. The lowest BCUT2D eigenvalue weighted by atomic mass is 10.1. The van der Waals surface area contributed by atoms with Gasteiger partial charge in [0.15, 0.2) is 0 Å². The summed E-state index contributed by atoms with van der Waals surface area (Å²) in [4.78, 5) is 14.2. The van der Waals surface area contributed by atoms with E-state index in [2.05, 4.69) is 5.32 Å². The van der Waals surface area contributed by atoms with Gasteiger partial charge in [0.1, 0.15) is 6.54 Å². The molecule has 0 aromatic heterocycles. The van der Waals surface area contributed by atoms with Crippen LogP contribution >= 0.6 is 0 Å². The third kappa shape index (κ3) is 5.47. The van der Waals surface area contributed by atoms with Gasteiger partial charge < -0.3 is 10.2 Å². The largest absolute Gasteiger partial charge is 0.353 e. The number of hydrogen-bond donors (Lipinski definition) is 1. The maximum absolute atomic E-state index is 12.7. The third-order valence-corrected chi connectivity index (χ3v) is 5.35. The Balaban J connectivity index is 3.08. The molecule has 8 heteroatoms. The van der Waals surface area contributed by atoms with Crippen LogP contribution in [0.1, 0.15) is 11.1 Å². The SMILES string of the molecule is Cc1ccc(C)c(N(CC(=O)NCCN(C)C)S(=O)(=O)N(C)C)c1. The molecule has 0 fully saturated rings. The van der Waals surface area contributed by atoms with Crippen molar-refractivity contribution < 1.29 is 13.2 Å². The molecule has 1 rings (SSSR count). The highest BCUT2D eigenvalue weighted by molar-refractivity contribution is 7.90. The van der Waals surface area contributed by atoms with Gasteiger partial charge in [0.05, 0.1) is 5.69 Å². The molecule has 0 atom stereocenters. The van der Waals surface area contributed by atoms with Crippen LogP contribution in [0.4, 0.5) is 5.69 Å². The zero-order valence-electron chi connectivity index (χ0n) is 15.3. The number of aryl methyl sites for hydroxylation is 2. The Morgan fingerprint density at radius 2 is 1.75 bits per heavy atom. The molecule has 0 aliphatic rings. The molecule has 136 valence electrons. The highest BCUT2D eigenvalue weighted by Crippen LogP contribution is 2.25. The van der Waals surface area contributed by atoms with Gasteiger partial charge >= 0.3 is 10.2 Å². The number of rotatable bonds is 8. The molecule has 1 N–H and O–H groups in total. The molecule has 1 amide bonds. The van der Waals surface area contributed by atoms with Crippen molar-refractivity contribution in [2.24, 2.45) is 0 Å². The van der Waals surface area contributed by atoms with Crippen molar-refractivity contribution in [3.05, 3.63) is 29.3 Å². The average Bonchev–Trinajstić information content (AvgIpc) is 2.46. The summed E-state index contributed by atoms with van der Waals surface area (Å²) in [6.45, 7) is 4.62. The Bertz CT molecular complexity index is 672. The Morgan fingerprint density at radius 3 is 2.29 bits per heavy atom. The van der Waals surface area contributed by atoms with Gasteiger partial charge in [-0.05, 0) is 45.1 Å². The molecule has 0 aliphatic carbocycles. The van der Waals surface area contributed by atoms with Crippen molar-refractivity contribution >= 4 is 21.8 Å². The predicted octanol–water partition coefficient (Wildman–Crippen LogP) is 0.594. The van der Waals surface area contributed by atoms with E-state index in [-0.39, 0.29) is 12.5 Å². The Morgan fingerprint density at radius 1 is 1.12 bits per heavy atom. The van der Waals surface area contributed by atoms with Crippen LogP contribution in [0.15, 0.2) is 18.2 Å². The fourth-order valence-corrected chi connectivity index (χ4v) is 3.20. The molecule has 24 heavy (non-hydrogen) atoms. The number of likely N-dealkylation sites (N-methyl/N-ethyl adjacent to an activating group) is 1. The van der Waals surface area contributed by atoms with Crippen molar-refractivity contribution in [3.8, 4) is 0 Å². The van der Waals surface area contributed by atoms with Gasteiger partial charge in [0.2, 0.25) is 5.91 Å². The smallest absolute Gasteiger partial charge is 0.304 e. The maximum atomic E-state index is 12.7. The molecular weight excluding hydrogens is 328 g/mol. The molecule has 0 saturated carbocycles. The Labute approximate surface area is 145 Å². The number of carbonyl (C=O) groups excluding carboxylic acids is 1. The van der Waals surface area contributed by atoms with Gasteiger partial charge in [0, 0.05) is 27.2 Å². The van der Waals surface area contributed by atoms with Crippen LogP contribution in [-0.4, -0.2) is 71.4 Å². The van der Waals surface area contributed by atoms with Crippen LogP contribution in [-0.2, 0) is 15.0 Å². The van der Waals surface area contributed by atoms with E-state index in [9.17, 15) is 13.2 Å². The lowest BCUT2D eigenvalue weighted by Gasteiger charge is -2.28.